The van der Waals surface area contributed by atoms with Crippen LogP contribution in [0.2, 0.25) is 0 Å². The molecule has 0 amide bonds. The zero-order valence-electron chi connectivity index (χ0n) is 8.92. The van der Waals surface area contributed by atoms with Crippen molar-refractivity contribution >= 4 is 0 Å². The molecule has 1 aliphatic heterocycles. The van der Waals surface area contributed by atoms with E-state index >= 15 is 0 Å². The summed E-state index contributed by atoms with van der Waals surface area (Å²) in [4.78, 5) is 2.54. The topological polar surface area (TPSA) is 29.3 Å². The minimum Gasteiger partial charge on any atom is -0.323 e. The molecule has 0 aromatic carbocycles. The van der Waals surface area contributed by atoms with E-state index in [4.69, 9.17) is 5.73 Å². The highest BCUT2D eigenvalue weighted by Crippen LogP contribution is 2.43. The molecule has 2 heteroatoms. The Kier molecular flexibility index (Phi) is 2.37. The molecule has 0 aromatic rings. The fraction of sp³-hybridized carbons (Fsp3) is 1.00. The van der Waals surface area contributed by atoms with Gasteiger partial charge in [-0.3, -0.25) is 4.90 Å². The molecule has 2 N–H and O–H groups in total. The van der Waals surface area contributed by atoms with Crippen molar-refractivity contribution in [2.45, 2.75) is 51.1 Å². The second-order valence-electron chi connectivity index (χ2n) is 5.05. The molecule has 1 aliphatic carbocycles. The lowest BCUT2D eigenvalue weighted by atomic mass is 9.84. The van der Waals surface area contributed by atoms with Crippen LogP contribution in [-0.4, -0.2) is 29.6 Å². The summed E-state index contributed by atoms with van der Waals surface area (Å²) in [5, 5.41) is 0. The van der Waals surface area contributed by atoms with Crippen LogP contribution in [0.15, 0.2) is 0 Å². The van der Waals surface area contributed by atoms with E-state index in [9.17, 15) is 0 Å². The summed E-state index contributed by atoms with van der Waals surface area (Å²) in [7, 11) is 0. The number of rotatable bonds is 4. The van der Waals surface area contributed by atoms with E-state index < -0.39 is 0 Å². The molecule has 2 rings (SSSR count). The molecule has 0 bridgehead atoms. The van der Waals surface area contributed by atoms with Gasteiger partial charge in [0.25, 0.3) is 0 Å². The van der Waals surface area contributed by atoms with E-state index in [1.165, 1.54) is 25.7 Å². The maximum Gasteiger partial charge on any atom is 0.0441 e. The highest BCUT2D eigenvalue weighted by molar-refractivity contribution is 5.09. The largest absolute Gasteiger partial charge is 0.323 e. The first-order valence-electron chi connectivity index (χ1n) is 5.68. The van der Waals surface area contributed by atoms with E-state index in [0.717, 1.165) is 25.0 Å². The highest BCUT2D eigenvalue weighted by atomic mass is 15.3. The summed E-state index contributed by atoms with van der Waals surface area (Å²) in [6.07, 6.45) is 5.37. The molecule has 0 spiro atoms. The minimum absolute atomic E-state index is 0.210. The zero-order valence-corrected chi connectivity index (χ0v) is 8.92. The second kappa shape index (κ2) is 3.25. The van der Waals surface area contributed by atoms with E-state index in [-0.39, 0.29) is 5.54 Å². The van der Waals surface area contributed by atoms with Gasteiger partial charge in [-0.05, 0) is 32.1 Å². The Morgan fingerprint density at radius 3 is 2.54 bits per heavy atom. The zero-order chi connectivity index (χ0) is 9.47. The molecule has 2 fully saturated rings. The van der Waals surface area contributed by atoms with Crippen molar-refractivity contribution in [2.24, 2.45) is 11.7 Å². The molecule has 13 heavy (non-hydrogen) atoms. The van der Waals surface area contributed by atoms with Gasteiger partial charge in [0.1, 0.15) is 0 Å². The average molecular weight is 182 g/mol. The summed E-state index contributed by atoms with van der Waals surface area (Å²) < 4.78 is 0. The van der Waals surface area contributed by atoms with Gasteiger partial charge in [-0.25, -0.2) is 0 Å². The lowest BCUT2D eigenvalue weighted by Gasteiger charge is -2.51. The number of nitrogens with zero attached hydrogens (tertiary/aromatic N) is 1. The lowest BCUT2D eigenvalue weighted by molar-refractivity contribution is 0.0192. The van der Waals surface area contributed by atoms with Gasteiger partial charge in [0, 0.05) is 24.7 Å². The molecule has 2 aliphatic rings. The molecular weight excluding hydrogens is 160 g/mol. The van der Waals surface area contributed by atoms with Crippen LogP contribution in [0, 0.1) is 5.92 Å². The van der Waals surface area contributed by atoms with Gasteiger partial charge in [0.15, 0.2) is 0 Å². The molecule has 1 atom stereocenters. The Labute approximate surface area is 81.5 Å². The highest BCUT2D eigenvalue weighted by Gasteiger charge is 2.50. The maximum absolute atomic E-state index is 6.29. The molecule has 0 aromatic heterocycles. The van der Waals surface area contributed by atoms with Crippen molar-refractivity contribution < 1.29 is 0 Å². The molecule has 1 unspecified atom stereocenters. The van der Waals surface area contributed by atoms with Gasteiger partial charge in [0.05, 0.1) is 0 Å². The molecule has 1 saturated heterocycles. The summed E-state index contributed by atoms with van der Waals surface area (Å²) >= 11 is 0. The number of likely N-dealkylation sites (tertiary alicyclic amines) is 1. The predicted octanol–water partition coefficient (Wildman–Crippen LogP) is 1.60. The number of hydrogen-bond acceptors (Lipinski definition) is 2. The fourth-order valence-corrected chi connectivity index (χ4v) is 2.54. The maximum atomic E-state index is 6.29. The van der Waals surface area contributed by atoms with E-state index in [1.807, 2.05) is 0 Å². The van der Waals surface area contributed by atoms with Crippen molar-refractivity contribution in [2.75, 3.05) is 13.1 Å². The Morgan fingerprint density at radius 2 is 2.08 bits per heavy atom. The van der Waals surface area contributed by atoms with Crippen LogP contribution in [0.5, 0.6) is 0 Å². The van der Waals surface area contributed by atoms with Gasteiger partial charge in [-0.15, -0.1) is 0 Å². The predicted molar refractivity (Wildman–Crippen MR) is 55.6 cm³/mol. The van der Waals surface area contributed by atoms with Crippen LogP contribution in [0.4, 0.5) is 0 Å². The molecule has 76 valence electrons. The third-order valence-corrected chi connectivity index (χ3v) is 3.72. The Balaban J connectivity index is 1.76. The van der Waals surface area contributed by atoms with Crippen molar-refractivity contribution in [1.82, 2.24) is 4.90 Å². The first-order chi connectivity index (χ1) is 6.15. The van der Waals surface area contributed by atoms with Crippen LogP contribution in [0.1, 0.15) is 39.5 Å². The van der Waals surface area contributed by atoms with Crippen molar-refractivity contribution in [3.63, 3.8) is 0 Å². The number of nitrogens with two attached hydrogens (primary N) is 1. The van der Waals surface area contributed by atoms with Crippen molar-refractivity contribution in [3.8, 4) is 0 Å². The normalized spacial score (nSPS) is 29.8. The molecule has 0 radical (unpaired) electrons. The molecular formula is C11H22N2. The standard InChI is InChI=1S/C11H22N2/c1-3-4-9(2)13-7-11(12,8-13)10-5-6-10/h9-10H,3-8,12H2,1-2H3. The Hall–Kier alpha value is -0.0800. The van der Waals surface area contributed by atoms with Crippen LogP contribution in [0.3, 0.4) is 0 Å². The Bertz CT molecular complexity index is 181. The molecule has 1 heterocycles. The lowest BCUT2D eigenvalue weighted by Crippen LogP contribution is -2.70. The summed E-state index contributed by atoms with van der Waals surface area (Å²) in [5.41, 5.74) is 6.50. The third kappa shape index (κ3) is 1.75. The van der Waals surface area contributed by atoms with Crippen LogP contribution in [0.25, 0.3) is 0 Å². The first-order valence-corrected chi connectivity index (χ1v) is 5.68. The van der Waals surface area contributed by atoms with Gasteiger partial charge in [0.2, 0.25) is 0 Å². The third-order valence-electron chi connectivity index (χ3n) is 3.72. The quantitative estimate of drug-likeness (QED) is 0.715. The van der Waals surface area contributed by atoms with Gasteiger partial charge in [-0.1, -0.05) is 13.3 Å². The fourth-order valence-electron chi connectivity index (χ4n) is 2.54. The summed E-state index contributed by atoms with van der Waals surface area (Å²) in [6, 6.07) is 0.750. The van der Waals surface area contributed by atoms with E-state index in [1.54, 1.807) is 0 Å². The van der Waals surface area contributed by atoms with Crippen molar-refractivity contribution in [3.05, 3.63) is 0 Å². The molecule has 2 nitrogen and oxygen atoms in total. The van der Waals surface area contributed by atoms with Gasteiger partial charge < -0.3 is 5.73 Å². The molecule has 1 saturated carbocycles. The number of hydrogen-bond donors (Lipinski definition) is 1. The summed E-state index contributed by atoms with van der Waals surface area (Å²) in [6.45, 7) is 6.89. The van der Waals surface area contributed by atoms with Gasteiger partial charge in [-0.2, -0.15) is 0 Å². The second-order valence-corrected chi connectivity index (χ2v) is 5.05. The SMILES string of the molecule is CCCC(C)N1CC(N)(C2CC2)C1. The monoisotopic (exact) mass is 182 g/mol. The van der Waals surface area contributed by atoms with E-state index in [0.29, 0.717) is 0 Å². The van der Waals surface area contributed by atoms with E-state index in [2.05, 4.69) is 18.7 Å². The van der Waals surface area contributed by atoms with Crippen LogP contribution in [-0.2, 0) is 0 Å². The first kappa shape index (κ1) is 9.47. The smallest absolute Gasteiger partial charge is 0.0441 e. The summed E-state index contributed by atoms with van der Waals surface area (Å²) in [5.74, 6) is 0.859. The average Bonchev–Trinajstić information content (AvgIpc) is 2.81. The van der Waals surface area contributed by atoms with Crippen LogP contribution >= 0.6 is 0 Å². The Morgan fingerprint density at radius 1 is 1.46 bits per heavy atom. The minimum atomic E-state index is 0.210. The van der Waals surface area contributed by atoms with Crippen molar-refractivity contribution in [1.29, 1.82) is 0 Å². The van der Waals surface area contributed by atoms with Gasteiger partial charge >= 0.3 is 0 Å². The van der Waals surface area contributed by atoms with Crippen LogP contribution < -0.4 is 5.73 Å².